The van der Waals surface area contributed by atoms with Crippen LogP contribution in [0.25, 0.3) is 12.2 Å². The zero-order valence-corrected chi connectivity index (χ0v) is 19.1. The molecule has 0 N–H and O–H groups in total. The molecule has 1 aliphatic heterocycles. The van der Waals surface area contributed by atoms with Gasteiger partial charge >= 0.3 is 0 Å². The minimum Gasteiger partial charge on any atom is -0.342 e. The molecule has 2 aromatic rings. The lowest BCUT2D eigenvalue weighted by atomic mass is 10.0. The molecule has 1 aliphatic carbocycles. The summed E-state index contributed by atoms with van der Waals surface area (Å²) in [7, 11) is 2.15. The average Bonchev–Trinajstić information content (AvgIpc) is 3.37. The highest BCUT2D eigenvalue weighted by atomic mass is 32.2. The van der Waals surface area contributed by atoms with Crippen LogP contribution in [0.2, 0.25) is 0 Å². The van der Waals surface area contributed by atoms with Crippen molar-refractivity contribution in [1.82, 2.24) is 9.47 Å². The van der Waals surface area contributed by atoms with E-state index >= 15 is 0 Å². The van der Waals surface area contributed by atoms with E-state index in [2.05, 4.69) is 47.2 Å². The first-order valence-electron chi connectivity index (χ1n) is 9.86. The highest BCUT2D eigenvalue weighted by Gasteiger charge is 2.26. The number of aromatic nitrogens is 2. The van der Waals surface area contributed by atoms with Gasteiger partial charge in [-0.25, -0.2) is 0 Å². The third-order valence-electron chi connectivity index (χ3n) is 5.28. The van der Waals surface area contributed by atoms with Crippen LogP contribution in [0.15, 0.2) is 38.1 Å². The third kappa shape index (κ3) is 3.67. The molecule has 28 heavy (non-hydrogen) atoms. The Kier molecular flexibility index (Phi) is 5.94. The Morgan fingerprint density at radius 1 is 1.21 bits per heavy atom. The van der Waals surface area contributed by atoms with Gasteiger partial charge in [-0.05, 0) is 51.7 Å². The predicted molar refractivity (Wildman–Crippen MR) is 121 cm³/mol. The van der Waals surface area contributed by atoms with Crippen molar-refractivity contribution in [2.45, 2.75) is 52.6 Å². The molecule has 0 aromatic carbocycles. The second kappa shape index (κ2) is 8.43. The van der Waals surface area contributed by atoms with Crippen molar-refractivity contribution >= 4 is 46.6 Å². The Labute approximate surface area is 177 Å². The molecule has 0 amide bonds. The summed E-state index contributed by atoms with van der Waals surface area (Å²) in [6.45, 7) is 5.80. The van der Waals surface area contributed by atoms with Crippen molar-refractivity contribution in [3.63, 3.8) is 0 Å². The summed E-state index contributed by atoms with van der Waals surface area (Å²) in [6, 6.07) is 0. The van der Waals surface area contributed by atoms with Gasteiger partial charge in [-0.2, -0.15) is 4.57 Å². The summed E-state index contributed by atoms with van der Waals surface area (Å²) in [4.78, 5) is 16.7. The number of nitrogens with zero attached hydrogens (tertiary/aromatic N) is 3. The lowest BCUT2D eigenvalue weighted by Gasteiger charge is -2.19. The number of thiazole rings is 2. The first-order valence-corrected chi connectivity index (χ1v) is 12.4. The third-order valence-corrected chi connectivity index (χ3v) is 8.52. The van der Waals surface area contributed by atoms with Gasteiger partial charge in [-0.1, -0.05) is 23.1 Å². The minimum absolute atomic E-state index is 0.110. The predicted octanol–water partition coefficient (Wildman–Crippen LogP) is 3.21. The molecule has 0 fully saturated rings. The molecule has 0 atom stereocenters. The molecule has 2 aromatic heterocycles. The summed E-state index contributed by atoms with van der Waals surface area (Å²) in [5.41, 5.74) is 1.59. The average molecular weight is 433 g/mol. The topological polar surface area (TPSA) is 29.1 Å². The zero-order chi connectivity index (χ0) is 19.7. The standard InChI is InChI=1S/C21H26N3OS3/c1-4-23-12-13-26-19(23)14-20-24(5-2)21(25)17(28-20)10-11-18-22(3)15-8-6-7-9-16(15)27-18/h10-14H,4-9H2,1-3H3/q+1/b17-10-,18-11-. The van der Waals surface area contributed by atoms with Crippen LogP contribution in [0.4, 0.5) is 0 Å². The van der Waals surface area contributed by atoms with Crippen molar-refractivity contribution in [1.29, 1.82) is 0 Å². The highest BCUT2D eigenvalue weighted by molar-refractivity contribution is 8.06. The van der Waals surface area contributed by atoms with E-state index in [0.717, 1.165) is 15.7 Å². The molecule has 0 radical (unpaired) electrons. The van der Waals surface area contributed by atoms with Crippen LogP contribution in [-0.4, -0.2) is 16.5 Å². The molecule has 3 heterocycles. The second-order valence-corrected chi connectivity index (χ2v) is 10.0. The van der Waals surface area contributed by atoms with Crippen LogP contribution >= 0.6 is 34.4 Å². The summed E-state index contributed by atoms with van der Waals surface area (Å²) < 4.78 is 5.91. The number of aryl methyl sites for hydroxylation is 1. The fourth-order valence-electron chi connectivity index (χ4n) is 3.70. The van der Waals surface area contributed by atoms with E-state index in [1.54, 1.807) is 22.7 Å². The molecule has 4 nitrogen and oxygen atoms in total. The Balaban J connectivity index is 1.72. The van der Waals surface area contributed by atoms with Crippen molar-refractivity contribution < 1.29 is 4.57 Å². The summed E-state index contributed by atoms with van der Waals surface area (Å²) in [5.74, 6) is 0. The van der Waals surface area contributed by atoms with Crippen LogP contribution in [0.3, 0.4) is 0 Å². The van der Waals surface area contributed by atoms with Gasteiger partial charge in [0.1, 0.15) is 11.2 Å². The van der Waals surface area contributed by atoms with Crippen LogP contribution in [0, 0.1) is 0 Å². The fourth-order valence-corrected chi connectivity index (χ4v) is 6.92. The number of rotatable bonds is 4. The quantitative estimate of drug-likeness (QED) is 0.695. The molecule has 0 unspecified atom stereocenters. The van der Waals surface area contributed by atoms with Crippen molar-refractivity contribution in [2.75, 3.05) is 7.05 Å². The zero-order valence-electron chi connectivity index (χ0n) is 16.6. The van der Waals surface area contributed by atoms with E-state index in [-0.39, 0.29) is 5.56 Å². The minimum atomic E-state index is 0.110. The van der Waals surface area contributed by atoms with Crippen molar-refractivity contribution in [3.05, 3.63) is 57.8 Å². The number of allylic oxidation sites excluding steroid dienone is 3. The SMILES string of the molecule is CCn1c(=O)/c(=C/C=C2\SC3=C(CCCC3)N2C)s/c1=C\c1scc[n+]1CC. The lowest BCUT2D eigenvalue weighted by Crippen LogP contribution is -2.34. The van der Waals surface area contributed by atoms with Crippen molar-refractivity contribution in [2.24, 2.45) is 0 Å². The molecule has 2 aliphatic rings. The maximum atomic E-state index is 12.9. The molecular formula is C21H26N3OS3+. The first-order chi connectivity index (χ1) is 13.6. The van der Waals surface area contributed by atoms with E-state index in [1.807, 2.05) is 29.3 Å². The normalized spacial score (nSPS) is 20.0. The fraction of sp³-hybridized carbons (Fsp3) is 0.429. The van der Waals surface area contributed by atoms with E-state index in [9.17, 15) is 4.79 Å². The van der Waals surface area contributed by atoms with Crippen LogP contribution in [0.1, 0.15) is 44.5 Å². The maximum Gasteiger partial charge on any atom is 0.269 e. The van der Waals surface area contributed by atoms with Gasteiger partial charge in [-0.15, -0.1) is 11.3 Å². The van der Waals surface area contributed by atoms with Gasteiger partial charge in [-0.3, -0.25) is 9.36 Å². The molecule has 4 rings (SSSR count). The molecule has 7 heteroatoms. The van der Waals surface area contributed by atoms with Gasteiger partial charge in [0.05, 0.1) is 21.0 Å². The number of hydrogen-bond acceptors (Lipinski definition) is 5. The van der Waals surface area contributed by atoms with Gasteiger partial charge in [0.2, 0.25) is 0 Å². The summed E-state index contributed by atoms with van der Waals surface area (Å²) >= 11 is 5.17. The van der Waals surface area contributed by atoms with Gasteiger partial charge in [0.25, 0.3) is 10.6 Å². The molecule has 148 valence electrons. The first kappa shape index (κ1) is 19.7. The van der Waals surface area contributed by atoms with Crippen LogP contribution in [0.5, 0.6) is 0 Å². The molecule has 0 saturated carbocycles. The smallest absolute Gasteiger partial charge is 0.269 e. The monoisotopic (exact) mass is 432 g/mol. The molecule has 0 spiro atoms. The Bertz CT molecular complexity index is 1120. The van der Waals surface area contributed by atoms with E-state index in [0.29, 0.717) is 6.54 Å². The molecule has 0 saturated heterocycles. The summed E-state index contributed by atoms with van der Waals surface area (Å²) in [6.07, 6.45) is 13.3. The van der Waals surface area contributed by atoms with Crippen molar-refractivity contribution in [3.8, 4) is 0 Å². The molecule has 0 bridgehead atoms. The number of hydrogen-bond donors (Lipinski definition) is 0. The van der Waals surface area contributed by atoms with Crippen LogP contribution < -0.4 is 19.3 Å². The van der Waals surface area contributed by atoms with E-state index in [1.165, 1.54) is 46.3 Å². The van der Waals surface area contributed by atoms with Gasteiger partial charge < -0.3 is 4.90 Å². The lowest BCUT2D eigenvalue weighted by molar-refractivity contribution is -0.690. The maximum absolute atomic E-state index is 12.9. The largest absolute Gasteiger partial charge is 0.342 e. The van der Waals surface area contributed by atoms with E-state index < -0.39 is 0 Å². The Hall–Kier alpha value is -1.57. The van der Waals surface area contributed by atoms with Gasteiger partial charge in [0, 0.05) is 24.2 Å². The summed E-state index contributed by atoms with van der Waals surface area (Å²) in [5, 5.41) is 4.51. The Morgan fingerprint density at radius 3 is 2.79 bits per heavy atom. The highest BCUT2D eigenvalue weighted by Crippen LogP contribution is 2.46. The van der Waals surface area contributed by atoms with Gasteiger partial charge in [0.15, 0.2) is 6.20 Å². The molecular weight excluding hydrogens is 406 g/mol. The van der Waals surface area contributed by atoms with E-state index in [4.69, 9.17) is 0 Å². The van der Waals surface area contributed by atoms with Crippen LogP contribution in [-0.2, 0) is 13.1 Å². The Morgan fingerprint density at radius 2 is 2.04 bits per heavy atom. The second-order valence-electron chi connectivity index (χ2n) is 6.94. The number of thioether (sulfide) groups is 1.